The zero-order chi connectivity index (χ0) is 7.56. The van der Waals surface area contributed by atoms with Crippen molar-refractivity contribution < 1.29 is 0 Å². The van der Waals surface area contributed by atoms with E-state index in [1.807, 2.05) is 26.1 Å². The number of hydrogen-bond acceptors (Lipinski definition) is 2. The summed E-state index contributed by atoms with van der Waals surface area (Å²) in [5, 5.41) is 3.01. The smallest absolute Gasteiger partial charge is 0.129 e. The molecule has 1 aromatic rings. The first-order valence-corrected chi connectivity index (χ1v) is 3.84. The summed E-state index contributed by atoms with van der Waals surface area (Å²) >= 11 is 3.33. The molecular formula is C7H9BrN2. The zero-order valence-electron chi connectivity index (χ0n) is 5.98. The second-order valence-corrected chi connectivity index (χ2v) is 2.79. The van der Waals surface area contributed by atoms with Crippen LogP contribution in [0, 0.1) is 6.92 Å². The van der Waals surface area contributed by atoms with Crippen LogP contribution in [-0.2, 0) is 0 Å². The molecule has 3 heteroatoms. The molecule has 0 atom stereocenters. The van der Waals surface area contributed by atoms with E-state index in [1.54, 1.807) is 0 Å². The molecule has 54 valence electrons. The fraction of sp³-hybridized carbons (Fsp3) is 0.286. The highest BCUT2D eigenvalue weighted by Gasteiger charge is 1.96. The van der Waals surface area contributed by atoms with E-state index >= 15 is 0 Å². The average molecular weight is 201 g/mol. The van der Waals surface area contributed by atoms with Crippen LogP contribution >= 0.6 is 15.9 Å². The van der Waals surface area contributed by atoms with Crippen molar-refractivity contribution in [1.82, 2.24) is 4.98 Å². The predicted molar refractivity (Wildman–Crippen MR) is 46.2 cm³/mol. The number of nitrogens with zero attached hydrogens (tertiary/aromatic N) is 1. The number of halogens is 1. The Morgan fingerprint density at radius 2 is 2.20 bits per heavy atom. The number of aromatic nitrogens is 1. The monoisotopic (exact) mass is 200 g/mol. The van der Waals surface area contributed by atoms with Crippen LogP contribution in [0.3, 0.4) is 0 Å². The van der Waals surface area contributed by atoms with Gasteiger partial charge < -0.3 is 5.32 Å². The molecule has 1 heterocycles. The van der Waals surface area contributed by atoms with Gasteiger partial charge in [0.1, 0.15) is 4.60 Å². The Balaban J connectivity index is 3.07. The summed E-state index contributed by atoms with van der Waals surface area (Å²) in [6.45, 7) is 1.96. The highest BCUT2D eigenvalue weighted by Crippen LogP contribution is 2.18. The maximum absolute atomic E-state index is 4.20. The number of aryl methyl sites for hydroxylation is 1. The van der Waals surface area contributed by atoms with Crippen molar-refractivity contribution in [3.63, 3.8) is 0 Å². The molecule has 0 spiro atoms. The lowest BCUT2D eigenvalue weighted by Crippen LogP contribution is -1.91. The molecule has 1 rings (SSSR count). The number of nitrogens with one attached hydrogen (secondary N) is 1. The second kappa shape index (κ2) is 3.01. The van der Waals surface area contributed by atoms with Crippen LogP contribution in [0.4, 0.5) is 5.69 Å². The summed E-state index contributed by atoms with van der Waals surface area (Å²) in [5.41, 5.74) is 2.04. The fourth-order valence-electron chi connectivity index (χ4n) is 0.712. The Labute approximate surface area is 68.8 Å². The molecular weight excluding hydrogens is 192 g/mol. The van der Waals surface area contributed by atoms with Crippen molar-refractivity contribution >= 4 is 21.6 Å². The van der Waals surface area contributed by atoms with Gasteiger partial charge in [-0.15, -0.1) is 0 Å². The molecule has 0 radical (unpaired) electrons. The highest BCUT2D eigenvalue weighted by molar-refractivity contribution is 9.10. The van der Waals surface area contributed by atoms with Gasteiger partial charge >= 0.3 is 0 Å². The van der Waals surface area contributed by atoms with Gasteiger partial charge in [0.25, 0.3) is 0 Å². The third kappa shape index (κ3) is 1.48. The first-order valence-electron chi connectivity index (χ1n) is 3.05. The van der Waals surface area contributed by atoms with E-state index in [0.29, 0.717) is 0 Å². The summed E-state index contributed by atoms with van der Waals surface area (Å²) in [7, 11) is 1.87. The van der Waals surface area contributed by atoms with Gasteiger partial charge in [0.15, 0.2) is 0 Å². The van der Waals surface area contributed by atoms with Crippen molar-refractivity contribution in [2.24, 2.45) is 0 Å². The van der Waals surface area contributed by atoms with E-state index in [4.69, 9.17) is 0 Å². The minimum absolute atomic E-state index is 0.870. The molecule has 0 fully saturated rings. The number of anilines is 1. The van der Waals surface area contributed by atoms with Gasteiger partial charge in [-0.25, -0.2) is 4.98 Å². The summed E-state index contributed by atoms with van der Waals surface area (Å²) in [6, 6.07) is 3.96. The van der Waals surface area contributed by atoms with Crippen LogP contribution in [-0.4, -0.2) is 12.0 Å². The zero-order valence-corrected chi connectivity index (χ0v) is 7.57. The minimum atomic E-state index is 0.870. The van der Waals surface area contributed by atoms with E-state index < -0.39 is 0 Å². The Bertz CT molecular complexity index is 235. The number of pyridine rings is 1. The molecule has 0 aliphatic heterocycles. The predicted octanol–water partition coefficient (Wildman–Crippen LogP) is 2.19. The van der Waals surface area contributed by atoms with Crippen LogP contribution in [0.2, 0.25) is 0 Å². The first-order chi connectivity index (χ1) is 4.74. The van der Waals surface area contributed by atoms with Gasteiger partial charge in [-0.05, 0) is 35.0 Å². The molecule has 2 nitrogen and oxygen atoms in total. The van der Waals surface area contributed by atoms with E-state index in [9.17, 15) is 0 Å². The minimum Gasteiger partial charge on any atom is -0.386 e. The molecule has 0 aromatic carbocycles. The molecule has 0 saturated heterocycles. The lowest BCUT2D eigenvalue weighted by atomic mass is 10.3. The average Bonchev–Trinajstić information content (AvgIpc) is 1.88. The lowest BCUT2D eigenvalue weighted by molar-refractivity contribution is 1.16. The molecule has 0 saturated carbocycles. The Morgan fingerprint density at radius 3 is 2.70 bits per heavy atom. The normalized spacial score (nSPS) is 9.50. The van der Waals surface area contributed by atoms with Crippen LogP contribution in [0.15, 0.2) is 16.7 Å². The van der Waals surface area contributed by atoms with E-state index in [0.717, 1.165) is 16.0 Å². The topological polar surface area (TPSA) is 24.9 Å². The van der Waals surface area contributed by atoms with Gasteiger partial charge in [0.05, 0.1) is 5.69 Å². The van der Waals surface area contributed by atoms with Crippen LogP contribution in [0.5, 0.6) is 0 Å². The van der Waals surface area contributed by atoms with Crippen molar-refractivity contribution in [2.45, 2.75) is 6.92 Å². The van der Waals surface area contributed by atoms with Gasteiger partial charge in [-0.2, -0.15) is 0 Å². The summed E-state index contributed by atoms with van der Waals surface area (Å²) in [5.74, 6) is 0. The number of rotatable bonds is 1. The molecule has 0 aliphatic rings. The van der Waals surface area contributed by atoms with Crippen molar-refractivity contribution in [1.29, 1.82) is 0 Å². The Hall–Kier alpha value is -0.570. The van der Waals surface area contributed by atoms with Crippen LogP contribution < -0.4 is 5.32 Å². The largest absolute Gasteiger partial charge is 0.386 e. The lowest BCUT2D eigenvalue weighted by Gasteiger charge is -2.01. The Morgan fingerprint density at radius 1 is 1.50 bits per heavy atom. The molecule has 1 aromatic heterocycles. The third-order valence-electron chi connectivity index (χ3n) is 1.26. The third-order valence-corrected chi connectivity index (χ3v) is 1.86. The number of hydrogen-bond donors (Lipinski definition) is 1. The second-order valence-electron chi connectivity index (χ2n) is 2.04. The van der Waals surface area contributed by atoms with E-state index in [2.05, 4.69) is 26.2 Å². The summed E-state index contributed by atoms with van der Waals surface area (Å²) in [4.78, 5) is 4.20. The van der Waals surface area contributed by atoms with Crippen LogP contribution in [0.25, 0.3) is 0 Å². The molecule has 0 amide bonds. The molecule has 0 aliphatic carbocycles. The van der Waals surface area contributed by atoms with Crippen molar-refractivity contribution in [3.05, 3.63) is 22.4 Å². The Kier molecular flexibility index (Phi) is 2.27. The van der Waals surface area contributed by atoms with Gasteiger partial charge in [0, 0.05) is 12.7 Å². The van der Waals surface area contributed by atoms with Crippen molar-refractivity contribution in [3.8, 4) is 0 Å². The molecule has 1 N–H and O–H groups in total. The molecule has 10 heavy (non-hydrogen) atoms. The first kappa shape index (κ1) is 7.54. The summed E-state index contributed by atoms with van der Waals surface area (Å²) in [6.07, 6.45) is 0. The maximum Gasteiger partial charge on any atom is 0.129 e. The van der Waals surface area contributed by atoms with Crippen LogP contribution in [0.1, 0.15) is 5.69 Å². The molecule has 0 unspecified atom stereocenters. The van der Waals surface area contributed by atoms with Crippen molar-refractivity contribution in [2.75, 3.05) is 12.4 Å². The van der Waals surface area contributed by atoms with E-state index in [1.165, 1.54) is 0 Å². The van der Waals surface area contributed by atoms with E-state index in [-0.39, 0.29) is 0 Å². The quantitative estimate of drug-likeness (QED) is 0.704. The standard InChI is InChI=1S/C7H9BrN2/c1-5-3-4-6(9-2)7(8)10-5/h3-4,9H,1-2H3. The van der Waals surface area contributed by atoms with Gasteiger partial charge in [-0.1, -0.05) is 0 Å². The molecule has 0 bridgehead atoms. The fourth-order valence-corrected chi connectivity index (χ4v) is 1.32. The van der Waals surface area contributed by atoms with Gasteiger partial charge in [0.2, 0.25) is 0 Å². The SMILES string of the molecule is CNc1ccc(C)nc1Br. The maximum atomic E-state index is 4.20. The summed E-state index contributed by atoms with van der Waals surface area (Å²) < 4.78 is 0.870. The van der Waals surface area contributed by atoms with Gasteiger partial charge in [-0.3, -0.25) is 0 Å². The highest BCUT2D eigenvalue weighted by atomic mass is 79.9.